The highest BCUT2D eigenvalue weighted by atomic mass is 79.9. The first kappa shape index (κ1) is 12.9. The summed E-state index contributed by atoms with van der Waals surface area (Å²) in [4.78, 5) is 4.65. The van der Waals surface area contributed by atoms with Crippen LogP contribution in [0.15, 0.2) is 27.7 Å². The van der Waals surface area contributed by atoms with Crippen LogP contribution in [0.25, 0.3) is 0 Å². The van der Waals surface area contributed by atoms with Gasteiger partial charge in [-0.1, -0.05) is 24.4 Å². The van der Waals surface area contributed by atoms with Crippen molar-refractivity contribution in [2.45, 2.75) is 31.7 Å². The van der Waals surface area contributed by atoms with Crippen LogP contribution >= 0.6 is 27.5 Å². The highest BCUT2D eigenvalue weighted by Crippen LogP contribution is 2.25. The molecule has 5 heteroatoms. The molecule has 0 saturated heterocycles. The maximum absolute atomic E-state index is 5.96. The summed E-state index contributed by atoms with van der Waals surface area (Å²) >= 11 is 9.36. The number of hydrazine groups is 1. The Labute approximate surface area is 115 Å². The maximum atomic E-state index is 5.96. The van der Waals surface area contributed by atoms with Crippen LogP contribution in [-0.2, 0) is 0 Å². The molecule has 0 atom stereocenters. The molecule has 1 aromatic rings. The number of nitrogens with one attached hydrogen (secondary N) is 1. The number of hydrogen-bond acceptors (Lipinski definition) is 2. The number of benzene rings is 1. The number of halogens is 2. The third-order valence-electron chi connectivity index (χ3n) is 2.97. The zero-order chi connectivity index (χ0) is 12.3. The molecule has 0 aliphatic heterocycles. The quantitative estimate of drug-likeness (QED) is 0.381. The van der Waals surface area contributed by atoms with Crippen LogP contribution in [0.4, 0.5) is 0 Å². The second-order valence-corrected chi connectivity index (χ2v) is 5.45. The highest BCUT2D eigenvalue weighted by molar-refractivity contribution is 9.10. The lowest BCUT2D eigenvalue weighted by atomic mass is 10.2. The maximum Gasteiger partial charge on any atom is 0.142 e. The minimum absolute atomic E-state index is 0.399. The van der Waals surface area contributed by atoms with E-state index in [-0.39, 0.29) is 0 Å². The van der Waals surface area contributed by atoms with Crippen LogP contribution in [0.3, 0.4) is 0 Å². The normalized spacial score (nSPS) is 17.5. The van der Waals surface area contributed by atoms with Crippen LogP contribution in [0, 0.1) is 0 Å². The summed E-state index contributed by atoms with van der Waals surface area (Å²) in [5.41, 5.74) is 3.63. The molecular formula is C12H15BrClN3. The number of aliphatic imine (C=N–C) groups is 1. The summed E-state index contributed by atoms with van der Waals surface area (Å²) in [5, 5.41) is 0.686. The van der Waals surface area contributed by atoms with Gasteiger partial charge in [0, 0.05) is 10.0 Å². The van der Waals surface area contributed by atoms with Gasteiger partial charge < -0.3 is 5.43 Å². The Morgan fingerprint density at radius 1 is 1.41 bits per heavy atom. The summed E-state index contributed by atoms with van der Waals surface area (Å²) in [7, 11) is 0. The zero-order valence-electron chi connectivity index (χ0n) is 9.42. The van der Waals surface area contributed by atoms with Crippen molar-refractivity contribution in [1.29, 1.82) is 0 Å². The topological polar surface area (TPSA) is 50.4 Å². The van der Waals surface area contributed by atoms with Gasteiger partial charge in [0.05, 0.1) is 11.1 Å². The van der Waals surface area contributed by atoms with E-state index in [9.17, 15) is 0 Å². The summed E-state index contributed by atoms with van der Waals surface area (Å²) < 4.78 is 0.853. The van der Waals surface area contributed by atoms with Crippen LogP contribution in [0.2, 0.25) is 5.02 Å². The Balaban J connectivity index is 2.24. The second-order valence-electron chi connectivity index (χ2n) is 4.19. The molecule has 0 aromatic heterocycles. The molecule has 1 fully saturated rings. The minimum Gasteiger partial charge on any atom is -0.308 e. The van der Waals surface area contributed by atoms with E-state index in [2.05, 4.69) is 26.3 Å². The van der Waals surface area contributed by atoms with Crippen molar-refractivity contribution in [3.8, 4) is 0 Å². The van der Waals surface area contributed by atoms with Gasteiger partial charge in [0.25, 0.3) is 0 Å². The molecule has 3 N–H and O–H groups in total. The standard InChI is InChI=1S/C12H15BrClN3/c13-10-7-8(5-6-11(10)14)12(17-15)16-9-3-1-2-4-9/h5-7,9H,1-4,15H2,(H,16,17). The van der Waals surface area contributed by atoms with Gasteiger partial charge in [0.1, 0.15) is 5.84 Å². The van der Waals surface area contributed by atoms with E-state index >= 15 is 0 Å². The molecule has 3 nitrogen and oxygen atoms in total. The van der Waals surface area contributed by atoms with Crippen LogP contribution in [-0.4, -0.2) is 11.9 Å². The molecule has 1 aliphatic rings. The molecule has 2 rings (SSSR count). The van der Waals surface area contributed by atoms with Gasteiger partial charge in [0.15, 0.2) is 0 Å². The van der Waals surface area contributed by atoms with Gasteiger partial charge in [-0.25, -0.2) is 5.84 Å². The fourth-order valence-electron chi connectivity index (χ4n) is 2.05. The van der Waals surface area contributed by atoms with Crippen LogP contribution in [0.5, 0.6) is 0 Å². The number of nitrogens with two attached hydrogens (primary N) is 1. The number of rotatable bonds is 2. The first-order valence-electron chi connectivity index (χ1n) is 5.70. The molecule has 0 radical (unpaired) electrons. The van der Waals surface area contributed by atoms with E-state index in [1.54, 1.807) is 0 Å². The molecule has 0 unspecified atom stereocenters. The van der Waals surface area contributed by atoms with Crippen LogP contribution in [0.1, 0.15) is 31.2 Å². The summed E-state index contributed by atoms with van der Waals surface area (Å²) in [5.74, 6) is 6.27. The Bertz CT molecular complexity index is 428. The van der Waals surface area contributed by atoms with Crippen LogP contribution < -0.4 is 11.3 Å². The molecule has 0 spiro atoms. The molecule has 1 aliphatic carbocycles. The molecule has 0 amide bonds. The number of hydrogen-bond donors (Lipinski definition) is 2. The van der Waals surface area contributed by atoms with Crippen molar-refractivity contribution in [3.05, 3.63) is 33.3 Å². The molecule has 0 bridgehead atoms. The monoisotopic (exact) mass is 315 g/mol. The average molecular weight is 317 g/mol. The predicted molar refractivity (Wildman–Crippen MR) is 75.3 cm³/mol. The molecule has 17 heavy (non-hydrogen) atoms. The molecule has 1 saturated carbocycles. The van der Waals surface area contributed by atoms with Gasteiger partial charge in [-0.15, -0.1) is 0 Å². The Morgan fingerprint density at radius 2 is 2.12 bits per heavy atom. The van der Waals surface area contributed by atoms with Gasteiger partial charge >= 0.3 is 0 Å². The summed E-state index contributed by atoms with van der Waals surface area (Å²) in [6.07, 6.45) is 4.83. The molecule has 0 heterocycles. The fraction of sp³-hybridized carbons (Fsp3) is 0.417. The van der Waals surface area contributed by atoms with E-state index in [1.807, 2.05) is 18.2 Å². The Morgan fingerprint density at radius 3 is 2.71 bits per heavy atom. The summed E-state index contributed by atoms with van der Waals surface area (Å²) in [6, 6.07) is 6.08. The third kappa shape index (κ3) is 3.21. The van der Waals surface area contributed by atoms with E-state index in [4.69, 9.17) is 17.4 Å². The third-order valence-corrected chi connectivity index (χ3v) is 4.18. The average Bonchev–Trinajstić information content (AvgIpc) is 2.82. The van der Waals surface area contributed by atoms with Gasteiger partial charge in [-0.05, 0) is 47.0 Å². The van der Waals surface area contributed by atoms with Gasteiger partial charge in [-0.2, -0.15) is 0 Å². The van der Waals surface area contributed by atoms with Gasteiger partial charge in [0.2, 0.25) is 0 Å². The Kier molecular flexibility index (Phi) is 4.42. The molecular weight excluding hydrogens is 302 g/mol. The van der Waals surface area contributed by atoms with Crippen molar-refractivity contribution in [1.82, 2.24) is 5.43 Å². The van der Waals surface area contributed by atoms with Crippen molar-refractivity contribution >= 4 is 33.4 Å². The smallest absolute Gasteiger partial charge is 0.142 e. The lowest BCUT2D eigenvalue weighted by Crippen LogP contribution is -2.32. The van der Waals surface area contributed by atoms with E-state index in [1.165, 1.54) is 12.8 Å². The van der Waals surface area contributed by atoms with Crippen molar-refractivity contribution in [2.75, 3.05) is 0 Å². The van der Waals surface area contributed by atoms with E-state index in [0.29, 0.717) is 11.1 Å². The van der Waals surface area contributed by atoms with E-state index < -0.39 is 0 Å². The van der Waals surface area contributed by atoms with Crippen molar-refractivity contribution < 1.29 is 0 Å². The minimum atomic E-state index is 0.399. The molecule has 1 aromatic carbocycles. The van der Waals surface area contributed by atoms with Crippen molar-refractivity contribution in [3.63, 3.8) is 0 Å². The highest BCUT2D eigenvalue weighted by Gasteiger charge is 2.15. The van der Waals surface area contributed by atoms with Gasteiger partial charge in [-0.3, -0.25) is 4.99 Å². The first-order valence-corrected chi connectivity index (χ1v) is 6.87. The SMILES string of the molecule is NNC(=NC1CCCC1)c1ccc(Cl)c(Br)c1. The lowest BCUT2D eigenvalue weighted by Gasteiger charge is -2.10. The fourth-order valence-corrected chi connectivity index (χ4v) is 2.55. The number of amidine groups is 1. The largest absolute Gasteiger partial charge is 0.308 e. The zero-order valence-corrected chi connectivity index (χ0v) is 11.8. The molecule has 92 valence electrons. The van der Waals surface area contributed by atoms with E-state index in [0.717, 1.165) is 28.7 Å². The first-order chi connectivity index (χ1) is 8.20. The number of nitrogens with zero attached hydrogens (tertiary/aromatic N) is 1. The predicted octanol–water partition coefficient (Wildman–Crippen LogP) is 3.26. The summed E-state index contributed by atoms with van der Waals surface area (Å²) in [6.45, 7) is 0. The Hall–Kier alpha value is -0.580. The lowest BCUT2D eigenvalue weighted by molar-refractivity contribution is 0.701. The van der Waals surface area contributed by atoms with Crippen molar-refractivity contribution in [2.24, 2.45) is 10.8 Å². The second kappa shape index (κ2) is 5.85.